The molecule has 2 aromatic carbocycles. The summed E-state index contributed by atoms with van der Waals surface area (Å²) in [5.41, 5.74) is 3.40. The molecular formula is C19H17FN2O2. The lowest BCUT2D eigenvalue weighted by molar-refractivity contribution is -0.139. The Hall–Kier alpha value is -2.66. The molecule has 122 valence electrons. The second-order valence-corrected chi connectivity index (χ2v) is 6.16. The van der Waals surface area contributed by atoms with Crippen LogP contribution in [-0.4, -0.2) is 21.7 Å². The van der Waals surface area contributed by atoms with Gasteiger partial charge >= 0.3 is 5.97 Å². The Morgan fingerprint density at radius 2 is 1.92 bits per heavy atom. The molecule has 0 fully saturated rings. The predicted octanol–water partition coefficient (Wildman–Crippen LogP) is 3.01. The summed E-state index contributed by atoms with van der Waals surface area (Å²) in [6.07, 6.45) is 0.386. The lowest BCUT2D eigenvalue weighted by Crippen LogP contribution is -2.45. The molecular weight excluding hydrogens is 307 g/mol. The van der Waals surface area contributed by atoms with Crippen molar-refractivity contribution in [3.8, 4) is 0 Å². The zero-order valence-electron chi connectivity index (χ0n) is 13.2. The van der Waals surface area contributed by atoms with Gasteiger partial charge in [0.25, 0.3) is 0 Å². The molecule has 0 saturated heterocycles. The molecule has 0 saturated carbocycles. The quantitative estimate of drug-likeness (QED) is 0.762. The van der Waals surface area contributed by atoms with Crippen molar-refractivity contribution in [1.29, 1.82) is 0 Å². The zero-order chi connectivity index (χ0) is 16.8. The summed E-state index contributed by atoms with van der Waals surface area (Å²) in [6, 6.07) is 13.2. The van der Waals surface area contributed by atoms with Crippen LogP contribution >= 0.6 is 0 Å². The SMILES string of the molecule is Cn1c2c(c3ccccc31)CC(C(=O)O)NC2c1ccccc1F. The number of aromatic nitrogens is 1. The number of aryl methyl sites for hydroxylation is 1. The summed E-state index contributed by atoms with van der Waals surface area (Å²) < 4.78 is 16.4. The highest BCUT2D eigenvalue weighted by Gasteiger charge is 2.36. The van der Waals surface area contributed by atoms with E-state index in [0.717, 1.165) is 22.2 Å². The first kappa shape index (κ1) is 14.9. The molecule has 0 radical (unpaired) electrons. The van der Waals surface area contributed by atoms with Crippen molar-refractivity contribution in [1.82, 2.24) is 9.88 Å². The number of benzene rings is 2. The fourth-order valence-corrected chi connectivity index (χ4v) is 3.72. The van der Waals surface area contributed by atoms with Crippen molar-refractivity contribution < 1.29 is 14.3 Å². The third-order valence-electron chi connectivity index (χ3n) is 4.82. The minimum absolute atomic E-state index is 0.336. The Balaban J connectivity index is 1.99. The molecule has 2 heterocycles. The third kappa shape index (κ3) is 2.12. The normalized spacial score (nSPS) is 20.1. The highest BCUT2D eigenvalue weighted by Crippen LogP contribution is 2.37. The molecule has 0 amide bonds. The molecule has 0 bridgehead atoms. The zero-order valence-corrected chi connectivity index (χ0v) is 13.2. The molecule has 1 aliphatic heterocycles. The highest BCUT2D eigenvalue weighted by molar-refractivity contribution is 5.87. The second-order valence-electron chi connectivity index (χ2n) is 6.16. The molecule has 2 atom stereocenters. The van der Waals surface area contributed by atoms with Crippen LogP contribution in [-0.2, 0) is 18.3 Å². The number of nitrogens with one attached hydrogen (secondary N) is 1. The standard InChI is InChI=1S/C19H17FN2O2/c1-22-16-9-5-3-6-11(16)13-10-15(19(23)24)21-17(18(13)22)12-7-2-4-8-14(12)20/h2-9,15,17,21H,10H2,1H3,(H,23,24). The first-order valence-corrected chi connectivity index (χ1v) is 7.87. The summed E-state index contributed by atoms with van der Waals surface area (Å²) in [4.78, 5) is 11.6. The van der Waals surface area contributed by atoms with Gasteiger partial charge in [0.15, 0.2) is 0 Å². The fourth-order valence-electron chi connectivity index (χ4n) is 3.72. The molecule has 2 unspecified atom stereocenters. The molecule has 3 aromatic rings. The summed E-state index contributed by atoms with van der Waals surface area (Å²) in [6.45, 7) is 0. The van der Waals surface area contributed by atoms with Gasteiger partial charge in [0.1, 0.15) is 11.9 Å². The first-order valence-electron chi connectivity index (χ1n) is 7.87. The summed E-state index contributed by atoms with van der Waals surface area (Å²) in [5.74, 6) is -1.26. The van der Waals surface area contributed by atoms with Crippen molar-refractivity contribution in [2.24, 2.45) is 7.05 Å². The predicted molar refractivity (Wildman–Crippen MR) is 89.4 cm³/mol. The Kier molecular flexibility index (Phi) is 3.39. The number of para-hydroxylation sites is 1. The maximum Gasteiger partial charge on any atom is 0.321 e. The van der Waals surface area contributed by atoms with Crippen LogP contribution in [0.4, 0.5) is 4.39 Å². The Labute approximate surface area is 138 Å². The van der Waals surface area contributed by atoms with E-state index in [1.165, 1.54) is 6.07 Å². The summed E-state index contributed by atoms with van der Waals surface area (Å²) >= 11 is 0. The Morgan fingerprint density at radius 1 is 1.21 bits per heavy atom. The monoisotopic (exact) mass is 324 g/mol. The van der Waals surface area contributed by atoms with Gasteiger partial charge in [0.2, 0.25) is 0 Å². The van der Waals surface area contributed by atoms with Gasteiger partial charge in [-0.05, 0) is 17.7 Å². The van der Waals surface area contributed by atoms with Crippen LogP contribution in [0.1, 0.15) is 22.9 Å². The van der Waals surface area contributed by atoms with Gasteiger partial charge < -0.3 is 9.67 Å². The van der Waals surface area contributed by atoms with Crippen molar-refractivity contribution in [3.05, 3.63) is 71.2 Å². The van der Waals surface area contributed by atoms with E-state index in [0.29, 0.717) is 12.0 Å². The topological polar surface area (TPSA) is 54.3 Å². The van der Waals surface area contributed by atoms with Gasteiger partial charge in [-0.2, -0.15) is 0 Å². The number of carboxylic acid groups (broad SMARTS) is 1. The average molecular weight is 324 g/mol. The van der Waals surface area contributed by atoms with Gasteiger partial charge in [-0.1, -0.05) is 36.4 Å². The molecule has 24 heavy (non-hydrogen) atoms. The number of carbonyl (C=O) groups is 1. The van der Waals surface area contributed by atoms with Crippen LogP contribution in [0, 0.1) is 5.82 Å². The summed E-state index contributed by atoms with van der Waals surface area (Å²) in [5, 5.41) is 13.7. The van der Waals surface area contributed by atoms with Crippen molar-refractivity contribution in [2.45, 2.75) is 18.5 Å². The molecule has 4 rings (SSSR count). The van der Waals surface area contributed by atoms with Crippen LogP contribution in [0.5, 0.6) is 0 Å². The van der Waals surface area contributed by atoms with E-state index in [1.54, 1.807) is 18.2 Å². The van der Waals surface area contributed by atoms with E-state index in [9.17, 15) is 14.3 Å². The molecule has 2 N–H and O–H groups in total. The average Bonchev–Trinajstić information content (AvgIpc) is 2.88. The fraction of sp³-hybridized carbons (Fsp3) is 0.211. The van der Waals surface area contributed by atoms with Crippen molar-refractivity contribution in [2.75, 3.05) is 0 Å². The molecule has 0 aliphatic carbocycles. The van der Waals surface area contributed by atoms with E-state index in [1.807, 2.05) is 35.9 Å². The number of hydrogen-bond donors (Lipinski definition) is 2. The van der Waals surface area contributed by atoms with Crippen molar-refractivity contribution in [3.63, 3.8) is 0 Å². The minimum Gasteiger partial charge on any atom is -0.480 e. The van der Waals surface area contributed by atoms with Crippen LogP contribution in [0.25, 0.3) is 10.9 Å². The maximum absolute atomic E-state index is 14.4. The number of halogens is 1. The number of hydrogen-bond acceptors (Lipinski definition) is 2. The lowest BCUT2D eigenvalue weighted by Gasteiger charge is -2.31. The van der Waals surface area contributed by atoms with Crippen LogP contribution in [0.2, 0.25) is 0 Å². The molecule has 4 nitrogen and oxygen atoms in total. The lowest BCUT2D eigenvalue weighted by atomic mass is 9.90. The van der Waals surface area contributed by atoms with E-state index in [4.69, 9.17) is 0 Å². The number of carboxylic acids is 1. The first-order chi connectivity index (χ1) is 11.6. The Morgan fingerprint density at radius 3 is 2.67 bits per heavy atom. The van der Waals surface area contributed by atoms with Crippen LogP contribution in [0.3, 0.4) is 0 Å². The van der Waals surface area contributed by atoms with Gasteiger partial charge in [0, 0.05) is 35.6 Å². The van der Waals surface area contributed by atoms with E-state index in [-0.39, 0.29) is 5.82 Å². The third-order valence-corrected chi connectivity index (χ3v) is 4.82. The van der Waals surface area contributed by atoms with Gasteiger partial charge in [-0.3, -0.25) is 10.1 Å². The van der Waals surface area contributed by atoms with Gasteiger partial charge in [-0.15, -0.1) is 0 Å². The molecule has 0 spiro atoms. The summed E-state index contributed by atoms with van der Waals surface area (Å²) in [7, 11) is 1.94. The molecule has 1 aromatic heterocycles. The van der Waals surface area contributed by atoms with Crippen LogP contribution in [0.15, 0.2) is 48.5 Å². The highest BCUT2D eigenvalue weighted by atomic mass is 19.1. The Bertz CT molecular complexity index is 948. The smallest absolute Gasteiger partial charge is 0.321 e. The molecule has 5 heteroatoms. The minimum atomic E-state index is -0.921. The van der Waals surface area contributed by atoms with Crippen molar-refractivity contribution >= 4 is 16.9 Å². The largest absolute Gasteiger partial charge is 0.480 e. The number of rotatable bonds is 2. The van der Waals surface area contributed by atoms with Gasteiger partial charge in [-0.25, -0.2) is 4.39 Å². The van der Waals surface area contributed by atoms with E-state index in [2.05, 4.69) is 5.32 Å². The second kappa shape index (κ2) is 5.46. The van der Waals surface area contributed by atoms with E-state index < -0.39 is 18.1 Å². The number of fused-ring (bicyclic) bond motifs is 3. The number of nitrogens with zero attached hydrogens (tertiary/aromatic N) is 1. The van der Waals surface area contributed by atoms with Crippen LogP contribution < -0.4 is 5.32 Å². The van der Waals surface area contributed by atoms with Gasteiger partial charge in [0.05, 0.1) is 6.04 Å². The van der Waals surface area contributed by atoms with E-state index >= 15 is 0 Å². The maximum atomic E-state index is 14.4. The molecule has 1 aliphatic rings. The number of aliphatic carboxylic acids is 1.